The van der Waals surface area contributed by atoms with Crippen LogP contribution in [-0.4, -0.2) is 23.5 Å². The maximum atomic E-state index is 8.33. The maximum Gasteiger partial charge on any atom is 3.00 e. The summed E-state index contributed by atoms with van der Waals surface area (Å²) in [6.45, 7) is 0. The van der Waals surface area contributed by atoms with Crippen molar-refractivity contribution in [2.24, 2.45) is 0 Å². The summed E-state index contributed by atoms with van der Waals surface area (Å²) >= 11 is 0. The molecule has 0 aromatic carbocycles. The molecule has 0 radical (unpaired) electrons. The molecule has 0 saturated carbocycles. The monoisotopic (exact) mass is 110 g/mol. The van der Waals surface area contributed by atoms with E-state index in [2.05, 4.69) is 0 Å². The zero-order chi connectivity index (χ0) is 3.58. The van der Waals surface area contributed by atoms with Gasteiger partial charge in [-0.15, -0.1) is 0 Å². The third-order valence-corrected chi connectivity index (χ3v) is 0. The number of hydrogen-bond donors (Lipinski definition) is 0. The average molecular weight is 110 g/mol. The van der Waals surface area contributed by atoms with Gasteiger partial charge < -0.3 is 20.5 Å². The first kappa shape index (κ1) is 26.4. The van der Waals surface area contributed by atoms with E-state index < -0.39 is 6.16 Å². The van der Waals surface area contributed by atoms with Crippen LogP contribution in [0.5, 0.6) is 0 Å². The molecule has 32 valence electrons. The molecule has 0 bridgehead atoms. The number of rotatable bonds is 0. The number of hydrogen-bond acceptors (Lipinski definition) is 3. The van der Waals surface area contributed by atoms with Crippen molar-refractivity contribution in [1.29, 1.82) is 0 Å². The largest absolute Gasteiger partial charge is 3.00 e. The molecule has 0 fully saturated rings. The van der Waals surface area contributed by atoms with Crippen LogP contribution < -0.4 is 29.1 Å². The zero-order valence-electron chi connectivity index (χ0n) is 3.71. The number of carbonyl (C=O) groups is 1. The van der Waals surface area contributed by atoms with Crippen molar-refractivity contribution in [3.8, 4) is 0 Å². The Bertz CT molecular complexity index is 34.7. The van der Waals surface area contributed by atoms with Gasteiger partial charge in [-0.2, -0.15) is 0 Å². The van der Waals surface area contributed by atoms with E-state index in [9.17, 15) is 0 Å². The van der Waals surface area contributed by atoms with Crippen LogP contribution in [0.4, 0.5) is 4.79 Å². The van der Waals surface area contributed by atoms with E-state index in [1.54, 1.807) is 0 Å². The second kappa shape index (κ2) is 16.2. The van der Waals surface area contributed by atoms with Gasteiger partial charge in [-0.25, -0.2) is 0 Å². The van der Waals surface area contributed by atoms with Crippen molar-refractivity contribution in [2.75, 3.05) is 0 Å². The molecule has 0 amide bonds. The Morgan fingerprint density at radius 2 is 1.29 bits per heavy atom. The van der Waals surface area contributed by atoms with Crippen molar-refractivity contribution in [2.45, 2.75) is 0 Å². The molecule has 4 nitrogen and oxygen atoms in total. The van der Waals surface area contributed by atoms with Gasteiger partial charge in [-0.1, -0.05) is 0 Å². The van der Waals surface area contributed by atoms with Gasteiger partial charge in [-0.3, -0.25) is 0 Å². The second-order valence-electron chi connectivity index (χ2n) is 0.250. The minimum Gasteiger partial charge on any atom is -2.00 e. The molecule has 0 aliphatic rings. The third kappa shape index (κ3) is 933. The fourth-order valence-corrected chi connectivity index (χ4v) is 0. The first-order valence-electron chi connectivity index (χ1n) is 0.612. The summed E-state index contributed by atoms with van der Waals surface area (Å²) in [5.41, 5.74) is 0. The molecular weight excluding hydrogens is 110 g/mol. The Balaban J connectivity index is -0.0000000150. The predicted molar refractivity (Wildman–Crippen MR) is 11.8 cm³/mol. The van der Waals surface area contributed by atoms with Crippen LogP contribution in [-0.2, 0) is 5.48 Å². The smallest absolute Gasteiger partial charge is 2.00 e. The van der Waals surface area contributed by atoms with E-state index in [1.165, 1.54) is 0 Å². The van der Waals surface area contributed by atoms with E-state index in [0.717, 1.165) is 0 Å². The molecule has 0 unspecified atom stereocenters. The minimum atomic E-state index is -2.33. The third-order valence-electron chi connectivity index (χ3n) is 0. The molecule has 0 N–H and O–H groups in total. The van der Waals surface area contributed by atoms with Crippen LogP contribution in [0.1, 0.15) is 0 Å². The molecule has 0 aromatic heterocycles. The fraction of sp³-hybridized carbons (Fsp3) is 0. The molecule has 0 saturated heterocycles. The van der Waals surface area contributed by atoms with Crippen molar-refractivity contribution in [3.63, 3.8) is 0 Å². The van der Waals surface area contributed by atoms with Crippen LogP contribution in [0, 0.1) is 0 Å². The summed E-state index contributed by atoms with van der Waals surface area (Å²) in [6, 6.07) is 0. The van der Waals surface area contributed by atoms with Crippen molar-refractivity contribution in [1.82, 2.24) is 0 Å². The number of carbonyl (C=O) groups excluding carboxylic acids is 1. The molecule has 0 heterocycles. The van der Waals surface area contributed by atoms with E-state index in [0.29, 0.717) is 0 Å². The van der Waals surface area contributed by atoms with Crippen molar-refractivity contribution < 1.29 is 39.3 Å². The predicted octanol–water partition coefficient (Wildman–Crippen LogP) is -5.94. The zero-order valence-corrected chi connectivity index (χ0v) is 4.87. The second-order valence-corrected chi connectivity index (χ2v) is 0.250. The molecule has 0 atom stereocenters. The van der Waals surface area contributed by atoms with Crippen LogP contribution >= 0.6 is 0 Å². The van der Waals surface area contributed by atoms with Gasteiger partial charge in [0.25, 0.3) is 0 Å². The Morgan fingerprint density at radius 1 is 1.29 bits per heavy atom. The Kier molecular flexibility index (Phi) is 61.0. The average Bonchev–Trinajstić information content (AvgIpc) is 0.811. The van der Waals surface area contributed by atoms with Crippen LogP contribution in [0.3, 0.4) is 0 Å². The van der Waals surface area contributed by atoms with Gasteiger partial charge in [0, 0.05) is 0 Å². The van der Waals surface area contributed by atoms with Gasteiger partial charge in [0.1, 0.15) is 0 Å². The quantitative estimate of drug-likeness (QED) is 0.290. The number of carboxylic acid groups (broad SMARTS) is 2. The van der Waals surface area contributed by atoms with Gasteiger partial charge in [0.15, 0.2) is 0 Å². The summed E-state index contributed by atoms with van der Waals surface area (Å²) < 4.78 is 0. The summed E-state index contributed by atoms with van der Waals surface area (Å²) in [6.07, 6.45) is -2.33. The van der Waals surface area contributed by atoms with Crippen LogP contribution in [0.2, 0.25) is 0 Å². The van der Waals surface area contributed by atoms with E-state index in [4.69, 9.17) is 15.0 Å². The SMILES string of the molecule is O=C([O-])[O-].[Al+3].[Li+].[O-2]. The van der Waals surface area contributed by atoms with E-state index in [1.807, 2.05) is 0 Å². The Labute approximate surface area is 63.1 Å². The van der Waals surface area contributed by atoms with Crippen LogP contribution in [0.15, 0.2) is 0 Å². The van der Waals surface area contributed by atoms with E-state index in [-0.39, 0.29) is 41.7 Å². The van der Waals surface area contributed by atoms with E-state index >= 15 is 0 Å². The molecule has 0 spiro atoms. The normalized spacial score (nSPS) is 3.43. The summed E-state index contributed by atoms with van der Waals surface area (Å²) in [5, 5.41) is 16.7. The summed E-state index contributed by atoms with van der Waals surface area (Å²) in [5.74, 6) is 0. The standard InChI is InChI=1S/CH2O3.Al.Li.O/c2-1(3)4;;;/h(H2,2,3,4);;;/q;+3;+1;-2/p-2. The van der Waals surface area contributed by atoms with Crippen LogP contribution in [0.25, 0.3) is 0 Å². The van der Waals surface area contributed by atoms with Gasteiger partial charge >= 0.3 is 36.2 Å². The first-order chi connectivity index (χ1) is 1.73. The minimum absolute atomic E-state index is 0. The molecule has 0 rings (SSSR count). The molecule has 7 heavy (non-hydrogen) atoms. The molecule has 6 heteroatoms. The molecular formula is CAlLiO4. The summed E-state index contributed by atoms with van der Waals surface area (Å²) in [7, 11) is 0. The maximum absolute atomic E-state index is 8.33. The Hall–Kier alpha value is 0.360. The Morgan fingerprint density at radius 3 is 1.29 bits per heavy atom. The molecule has 0 aromatic rings. The van der Waals surface area contributed by atoms with Gasteiger partial charge in [0.2, 0.25) is 0 Å². The van der Waals surface area contributed by atoms with Crippen molar-refractivity contribution in [3.05, 3.63) is 0 Å². The topological polar surface area (TPSA) is 91.7 Å². The van der Waals surface area contributed by atoms with Gasteiger partial charge in [0.05, 0.1) is 0 Å². The summed E-state index contributed by atoms with van der Waals surface area (Å²) in [4.78, 5) is 8.33. The fourth-order valence-electron chi connectivity index (χ4n) is 0. The van der Waals surface area contributed by atoms with Crippen molar-refractivity contribution >= 4 is 23.5 Å². The first-order valence-corrected chi connectivity index (χ1v) is 0.612. The van der Waals surface area contributed by atoms with Gasteiger partial charge in [-0.05, 0) is 6.16 Å². The molecule has 0 aliphatic heterocycles. The molecule has 0 aliphatic carbocycles.